The van der Waals surface area contributed by atoms with Crippen LogP contribution in [-0.2, 0) is 12.8 Å². The first kappa shape index (κ1) is 25.7. The van der Waals surface area contributed by atoms with Crippen LogP contribution in [0.15, 0.2) is 42.5 Å². The summed E-state index contributed by atoms with van der Waals surface area (Å²) in [7, 11) is 0. The minimum absolute atomic E-state index is 0.0866. The summed E-state index contributed by atoms with van der Waals surface area (Å²) in [6.45, 7) is 4.52. The Hall–Kier alpha value is -0.930. The van der Waals surface area contributed by atoms with Crippen molar-refractivity contribution in [2.45, 2.75) is 89.1 Å². The van der Waals surface area contributed by atoms with Crippen molar-refractivity contribution in [3.8, 4) is 11.1 Å². The first-order chi connectivity index (χ1) is 15.7. The molecule has 0 N–H and O–H groups in total. The van der Waals surface area contributed by atoms with Crippen LogP contribution in [0.25, 0.3) is 11.1 Å². The Morgan fingerprint density at radius 2 is 1.44 bits per heavy atom. The molecule has 1 aliphatic heterocycles. The highest BCUT2D eigenvalue weighted by Gasteiger charge is 2.21. The highest BCUT2D eigenvalue weighted by Crippen LogP contribution is 2.38. The third-order valence-corrected chi connectivity index (χ3v) is 9.90. The highest BCUT2D eigenvalue weighted by atomic mass is 32.2. The zero-order valence-corrected chi connectivity index (χ0v) is 21.7. The fraction of sp³-hybridized carbons (Fsp3) is 0.586. The molecule has 0 nitrogen and oxygen atoms in total. The highest BCUT2D eigenvalue weighted by molar-refractivity contribution is 8.17. The van der Waals surface area contributed by atoms with Gasteiger partial charge < -0.3 is 0 Å². The van der Waals surface area contributed by atoms with Crippen LogP contribution in [0, 0.1) is 11.7 Å². The number of rotatable bonds is 13. The molecule has 0 aromatic heterocycles. The van der Waals surface area contributed by atoms with Gasteiger partial charge in [0.05, 0.1) is 4.58 Å². The molecule has 3 heteroatoms. The molecule has 176 valence electrons. The normalized spacial score (nSPS) is 18.7. The number of hydrogen-bond donors (Lipinski definition) is 0. The Kier molecular flexibility index (Phi) is 11.5. The van der Waals surface area contributed by atoms with E-state index in [9.17, 15) is 4.39 Å². The van der Waals surface area contributed by atoms with Crippen LogP contribution in [-0.4, -0.2) is 16.1 Å². The molecular formula is C29H41FS2. The number of benzene rings is 2. The molecule has 1 aliphatic rings. The molecular weight excluding hydrogens is 431 g/mol. The standard InChI is InChI=1S/C29H41FS2/c1-3-5-7-8-9-11-24-14-18-27(28(30)20-24)26-16-12-23(13-17-26)15-19-29-31-21-25(22-32-29)10-6-4-2/h12-14,16-18,20,25,29H,3-11,15,19,21-22H2,1-2H3. The number of hydrogen-bond acceptors (Lipinski definition) is 2. The van der Waals surface area contributed by atoms with Gasteiger partial charge in [-0.05, 0) is 72.3 Å². The van der Waals surface area contributed by atoms with Crippen LogP contribution < -0.4 is 0 Å². The zero-order valence-electron chi connectivity index (χ0n) is 20.1. The summed E-state index contributed by atoms with van der Waals surface area (Å²) < 4.78 is 15.5. The third-order valence-electron chi connectivity index (χ3n) is 6.54. The molecule has 2 aromatic rings. The van der Waals surface area contributed by atoms with Crippen LogP contribution in [0.2, 0.25) is 0 Å². The van der Waals surface area contributed by atoms with Gasteiger partial charge in [0.2, 0.25) is 0 Å². The minimum Gasteiger partial charge on any atom is -0.206 e. The van der Waals surface area contributed by atoms with Crippen molar-refractivity contribution in [1.29, 1.82) is 0 Å². The summed E-state index contributed by atoms with van der Waals surface area (Å²) in [5, 5.41) is 0. The van der Waals surface area contributed by atoms with E-state index in [1.165, 1.54) is 68.4 Å². The first-order valence-corrected chi connectivity index (χ1v) is 14.9. The number of aryl methyl sites for hydroxylation is 2. The predicted octanol–water partition coefficient (Wildman–Crippen LogP) is 9.55. The van der Waals surface area contributed by atoms with E-state index in [1.54, 1.807) is 6.07 Å². The average Bonchev–Trinajstić information content (AvgIpc) is 2.82. The van der Waals surface area contributed by atoms with Crippen LogP contribution in [0.3, 0.4) is 0 Å². The molecule has 3 rings (SSSR count). The van der Waals surface area contributed by atoms with Crippen molar-refractivity contribution in [3.63, 3.8) is 0 Å². The Morgan fingerprint density at radius 3 is 2.12 bits per heavy atom. The Labute approximate surface area is 204 Å². The fourth-order valence-corrected chi connectivity index (χ4v) is 7.54. The van der Waals surface area contributed by atoms with E-state index in [4.69, 9.17) is 0 Å². The lowest BCUT2D eigenvalue weighted by molar-refractivity contribution is 0.562. The molecule has 0 atom stereocenters. The number of thioether (sulfide) groups is 2. The van der Waals surface area contributed by atoms with Crippen LogP contribution in [0.4, 0.5) is 4.39 Å². The van der Waals surface area contributed by atoms with Gasteiger partial charge in [0.15, 0.2) is 0 Å². The number of halogens is 1. The van der Waals surface area contributed by atoms with Crippen molar-refractivity contribution < 1.29 is 4.39 Å². The summed E-state index contributed by atoms with van der Waals surface area (Å²) in [6, 6.07) is 14.4. The molecule has 0 aliphatic carbocycles. The second-order valence-electron chi connectivity index (χ2n) is 9.32. The third kappa shape index (κ3) is 8.45. The monoisotopic (exact) mass is 472 g/mol. The van der Waals surface area contributed by atoms with Crippen LogP contribution in [0.1, 0.15) is 82.8 Å². The minimum atomic E-state index is -0.0866. The molecule has 1 heterocycles. The van der Waals surface area contributed by atoms with Gasteiger partial charge in [-0.15, -0.1) is 23.5 Å². The lowest BCUT2D eigenvalue weighted by Gasteiger charge is -2.27. The van der Waals surface area contributed by atoms with Gasteiger partial charge in [-0.25, -0.2) is 4.39 Å². The maximum atomic E-state index is 14.8. The second-order valence-corrected chi connectivity index (χ2v) is 12.1. The maximum Gasteiger partial charge on any atom is 0.131 e. The van der Waals surface area contributed by atoms with Gasteiger partial charge in [0.25, 0.3) is 0 Å². The molecule has 32 heavy (non-hydrogen) atoms. The van der Waals surface area contributed by atoms with Gasteiger partial charge in [0, 0.05) is 5.56 Å². The fourth-order valence-electron chi connectivity index (χ4n) is 4.43. The van der Waals surface area contributed by atoms with Gasteiger partial charge in [0.1, 0.15) is 5.82 Å². The van der Waals surface area contributed by atoms with Crippen molar-refractivity contribution >= 4 is 23.5 Å². The summed E-state index contributed by atoms with van der Waals surface area (Å²) in [4.78, 5) is 0. The van der Waals surface area contributed by atoms with Crippen molar-refractivity contribution in [1.82, 2.24) is 0 Å². The molecule has 2 aromatic carbocycles. The van der Waals surface area contributed by atoms with Crippen molar-refractivity contribution in [3.05, 3.63) is 59.4 Å². The Balaban J connectivity index is 1.45. The maximum absolute atomic E-state index is 14.8. The predicted molar refractivity (Wildman–Crippen MR) is 144 cm³/mol. The Morgan fingerprint density at radius 1 is 0.750 bits per heavy atom. The van der Waals surface area contributed by atoms with Gasteiger partial charge in [-0.2, -0.15) is 0 Å². The lowest BCUT2D eigenvalue weighted by Crippen LogP contribution is -2.18. The molecule has 1 saturated heterocycles. The Bertz CT molecular complexity index is 778. The quantitative estimate of drug-likeness (QED) is 0.266. The van der Waals surface area contributed by atoms with Gasteiger partial charge >= 0.3 is 0 Å². The largest absolute Gasteiger partial charge is 0.206 e. The molecule has 0 radical (unpaired) electrons. The summed E-state index contributed by atoms with van der Waals surface area (Å²) >= 11 is 4.33. The first-order valence-electron chi connectivity index (χ1n) is 12.8. The second kappa shape index (κ2) is 14.4. The molecule has 0 amide bonds. The van der Waals surface area contributed by atoms with E-state index in [0.29, 0.717) is 0 Å². The van der Waals surface area contributed by atoms with E-state index < -0.39 is 0 Å². The van der Waals surface area contributed by atoms with Crippen LogP contribution >= 0.6 is 23.5 Å². The van der Waals surface area contributed by atoms with E-state index in [-0.39, 0.29) is 5.82 Å². The smallest absolute Gasteiger partial charge is 0.131 e. The SMILES string of the molecule is CCCCCCCc1ccc(-c2ccc(CCC3SCC(CCCC)CS3)cc2)c(F)c1. The molecule has 0 unspecified atom stereocenters. The van der Waals surface area contributed by atoms with E-state index in [2.05, 4.69) is 67.7 Å². The summed E-state index contributed by atoms with van der Waals surface area (Å²) in [5.41, 5.74) is 4.20. The zero-order chi connectivity index (χ0) is 22.6. The van der Waals surface area contributed by atoms with Gasteiger partial charge in [-0.3, -0.25) is 0 Å². The van der Waals surface area contributed by atoms with Crippen molar-refractivity contribution in [2.75, 3.05) is 11.5 Å². The molecule has 0 spiro atoms. The average molecular weight is 473 g/mol. The van der Waals surface area contributed by atoms with Crippen molar-refractivity contribution in [2.24, 2.45) is 5.92 Å². The van der Waals surface area contributed by atoms with E-state index in [0.717, 1.165) is 46.5 Å². The van der Waals surface area contributed by atoms with E-state index >= 15 is 0 Å². The number of unbranched alkanes of at least 4 members (excludes halogenated alkanes) is 5. The molecule has 0 saturated carbocycles. The topological polar surface area (TPSA) is 0 Å². The van der Waals surface area contributed by atoms with Gasteiger partial charge in [-0.1, -0.05) is 88.8 Å². The van der Waals surface area contributed by atoms with E-state index in [1.807, 2.05) is 6.07 Å². The summed E-state index contributed by atoms with van der Waals surface area (Å²) in [6.07, 6.45) is 13.7. The lowest BCUT2D eigenvalue weighted by atomic mass is 9.99. The summed E-state index contributed by atoms with van der Waals surface area (Å²) in [5.74, 6) is 3.51. The molecule has 0 bridgehead atoms. The molecule has 1 fully saturated rings. The van der Waals surface area contributed by atoms with Crippen LogP contribution in [0.5, 0.6) is 0 Å².